The summed E-state index contributed by atoms with van der Waals surface area (Å²) in [4.78, 5) is 24.7. The van der Waals surface area contributed by atoms with Gasteiger partial charge in [-0.2, -0.15) is 0 Å². The molecule has 6 heteroatoms. The van der Waals surface area contributed by atoms with Crippen LogP contribution < -0.4 is 0 Å². The molecule has 0 aromatic heterocycles. The van der Waals surface area contributed by atoms with Crippen molar-refractivity contribution in [2.24, 2.45) is 0 Å². The van der Waals surface area contributed by atoms with E-state index in [2.05, 4.69) is 0 Å². The Hall–Kier alpha value is -2.08. The highest BCUT2D eigenvalue weighted by molar-refractivity contribution is 5.81. The number of aliphatic carboxylic acids is 1. The summed E-state index contributed by atoms with van der Waals surface area (Å²) < 4.78 is 10.5. The van der Waals surface area contributed by atoms with Crippen molar-refractivity contribution in [2.45, 2.75) is 24.7 Å². The molecule has 2 bridgehead atoms. The molecule has 0 radical (unpaired) electrons. The van der Waals surface area contributed by atoms with Crippen LogP contribution in [0.25, 0.3) is 0 Å². The first-order valence-electron chi connectivity index (χ1n) is 6.45. The zero-order valence-corrected chi connectivity index (χ0v) is 10.8. The summed E-state index contributed by atoms with van der Waals surface area (Å²) in [5, 5.41) is 9.19. The van der Waals surface area contributed by atoms with Gasteiger partial charge >= 0.3 is 12.1 Å². The van der Waals surface area contributed by atoms with Crippen LogP contribution in [0.4, 0.5) is 4.79 Å². The summed E-state index contributed by atoms with van der Waals surface area (Å²) in [7, 11) is 0. The molecule has 2 atom stereocenters. The number of hydrogen-bond acceptors (Lipinski definition) is 4. The number of carbonyl (C=O) groups is 2. The van der Waals surface area contributed by atoms with Gasteiger partial charge in [0.25, 0.3) is 0 Å². The molecule has 0 saturated carbocycles. The molecule has 2 fully saturated rings. The Balaban J connectivity index is 1.61. The van der Waals surface area contributed by atoms with E-state index in [-0.39, 0.29) is 25.8 Å². The van der Waals surface area contributed by atoms with Crippen LogP contribution in [0.5, 0.6) is 0 Å². The maximum atomic E-state index is 12.0. The van der Waals surface area contributed by atoms with Gasteiger partial charge in [0, 0.05) is 6.42 Å². The predicted octanol–water partition coefficient (Wildman–Crippen LogP) is 1.25. The fraction of sp³-hybridized carbons (Fsp3) is 0.429. The van der Waals surface area contributed by atoms with Gasteiger partial charge in [0.05, 0.1) is 19.2 Å². The highest BCUT2D eigenvalue weighted by Crippen LogP contribution is 2.38. The Labute approximate surface area is 115 Å². The van der Waals surface area contributed by atoms with Crippen LogP contribution >= 0.6 is 0 Å². The normalized spacial score (nSPS) is 27.6. The molecule has 1 N–H and O–H groups in total. The lowest BCUT2D eigenvalue weighted by atomic mass is 10.0. The van der Waals surface area contributed by atoms with Crippen LogP contribution in [0.15, 0.2) is 30.3 Å². The number of carboxylic acids is 1. The van der Waals surface area contributed by atoms with E-state index in [0.29, 0.717) is 6.42 Å². The highest BCUT2D eigenvalue weighted by Gasteiger charge is 2.58. The Morgan fingerprint density at radius 1 is 1.40 bits per heavy atom. The zero-order chi connectivity index (χ0) is 14.2. The van der Waals surface area contributed by atoms with Gasteiger partial charge in [-0.25, -0.2) is 9.59 Å². The van der Waals surface area contributed by atoms with E-state index in [1.165, 1.54) is 4.90 Å². The third kappa shape index (κ3) is 2.12. The van der Waals surface area contributed by atoms with Crippen molar-refractivity contribution < 1.29 is 24.2 Å². The number of morpholine rings is 1. The summed E-state index contributed by atoms with van der Waals surface area (Å²) in [6.07, 6.45) is -0.145. The Morgan fingerprint density at radius 2 is 2.15 bits per heavy atom. The van der Waals surface area contributed by atoms with E-state index >= 15 is 0 Å². The van der Waals surface area contributed by atoms with Gasteiger partial charge in [-0.05, 0) is 5.56 Å². The maximum Gasteiger partial charge on any atom is 0.410 e. The minimum absolute atomic E-state index is 0.0562. The Kier molecular flexibility index (Phi) is 3.10. The van der Waals surface area contributed by atoms with Gasteiger partial charge in [0.15, 0.2) is 5.60 Å². The number of fused-ring (bicyclic) bond motifs is 2. The van der Waals surface area contributed by atoms with Crippen molar-refractivity contribution in [1.29, 1.82) is 0 Å². The molecule has 1 aromatic rings. The number of likely N-dealkylation sites (tertiary alicyclic amines) is 1. The van der Waals surface area contributed by atoms with E-state index in [1.54, 1.807) is 0 Å². The number of ether oxygens (including phenoxy) is 2. The van der Waals surface area contributed by atoms with Crippen molar-refractivity contribution in [3.8, 4) is 0 Å². The molecule has 0 unspecified atom stereocenters. The average molecular weight is 277 g/mol. The van der Waals surface area contributed by atoms with Gasteiger partial charge < -0.3 is 14.6 Å². The van der Waals surface area contributed by atoms with E-state index in [1.807, 2.05) is 30.3 Å². The molecule has 1 aromatic carbocycles. The fourth-order valence-corrected chi connectivity index (χ4v) is 2.70. The number of amides is 1. The monoisotopic (exact) mass is 277 g/mol. The lowest BCUT2D eigenvalue weighted by Crippen LogP contribution is -2.49. The standard InChI is InChI=1S/C14H15NO5/c16-12(17)14-6-11(8-20-14)15(9-14)13(18)19-7-10-4-2-1-3-5-10/h1-5,11H,6-9H2,(H,16,17)/t11-,14-/m0/s1. The molecule has 2 saturated heterocycles. The number of nitrogens with zero attached hydrogens (tertiary/aromatic N) is 1. The molecule has 0 spiro atoms. The third-order valence-corrected chi connectivity index (χ3v) is 3.81. The lowest BCUT2D eigenvalue weighted by Gasteiger charge is -2.29. The second-order valence-corrected chi connectivity index (χ2v) is 5.14. The van der Waals surface area contributed by atoms with Crippen molar-refractivity contribution in [3.05, 3.63) is 35.9 Å². The van der Waals surface area contributed by atoms with Crippen LogP contribution in [0.1, 0.15) is 12.0 Å². The van der Waals surface area contributed by atoms with E-state index in [9.17, 15) is 14.7 Å². The summed E-state index contributed by atoms with van der Waals surface area (Å²) >= 11 is 0. The van der Waals surface area contributed by atoms with E-state index < -0.39 is 17.7 Å². The lowest BCUT2D eigenvalue weighted by molar-refractivity contribution is -0.162. The maximum absolute atomic E-state index is 12.0. The first-order valence-corrected chi connectivity index (χ1v) is 6.45. The van der Waals surface area contributed by atoms with Gasteiger partial charge in [-0.3, -0.25) is 4.90 Å². The van der Waals surface area contributed by atoms with Gasteiger partial charge in [-0.15, -0.1) is 0 Å². The molecule has 20 heavy (non-hydrogen) atoms. The van der Waals surface area contributed by atoms with Crippen LogP contribution in [0, 0.1) is 0 Å². The van der Waals surface area contributed by atoms with Gasteiger partial charge in [0.2, 0.25) is 0 Å². The van der Waals surface area contributed by atoms with E-state index in [0.717, 1.165) is 5.56 Å². The topological polar surface area (TPSA) is 76.1 Å². The van der Waals surface area contributed by atoms with Crippen molar-refractivity contribution in [1.82, 2.24) is 4.90 Å². The summed E-state index contributed by atoms with van der Waals surface area (Å²) in [6, 6.07) is 9.16. The smallest absolute Gasteiger partial charge is 0.410 e. The molecular weight excluding hydrogens is 262 g/mol. The predicted molar refractivity (Wildman–Crippen MR) is 68.1 cm³/mol. The largest absolute Gasteiger partial charge is 0.479 e. The number of hydrogen-bond donors (Lipinski definition) is 1. The average Bonchev–Trinajstić information content (AvgIpc) is 3.05. The van der Waals surface area contributed by atoms with Crippen molar-refractivity contribution >= 4 is 12.1 Å². The second-order valence-electron chi connectivity index (χ2n) is 5.14. The van der Waals surface area contributed by atoms with Gasteiger partial charge in [-0.1, -0.05) is 30.3 Å². The van der Waals surface area contributed by atoms with Crippen molar-refractivity contribution in [3.63, 3.8) is 0 Å². The molecule has 6 nitrogen and oxygen atoms in total. The number of benzene rings is 1. The molecule has 106 valence electrons. The summed E-state index contributed by atoms with van der Waals surface area (Å²) in [6.45, 7) is 0.497. The zero-order valence-electron chi connectivity index (χ0n) is 10.8. The summed E-state index contributed by atoms with van der Waals surface area (Å²) in [5.41, 5.74) is -0.342. The first-order chi connectivity index (χ1) is 9.61. The van der Waals surface area contributed by atoms with E-state index in [4.69, 9.17) is 9.47 Å². The molecule has 1 amide bonds. The fourth-order valence-electron chi connectivity index (χ4n) is 2.70. The number of carbonyl (C=O) groups excluding carboxylic acids is 1. The summed E-state index contributed by atoms with van der Waals surface area (Å²) in [5.74, 6) is -1.02. The Morgan fingerprint density at radius 3 is 2.80 bits per heavy atom. The second kappa shape index (κ2) is 4.79. The number of rotatable bonds is 3. The minimum Gasteiger partial charge on any atom is -0.479 e. The van der Waals surface area contributed by atoms with Crippen LogP contribution in [0.2, 0.25) is 0 Å². The molecule has 2 aliphatic heterocycles. The van der Waals surface area contributed by atoms with Crippen molar-refractivity contribution in [2.75, 3.05) is 13.2 Å². The highest BCUT2D eigenvalue weighted by atomic mass is 16.6. The molecular formula is C14H15NO5. The van der Waals surface area contributed by atoms with Gasteiger partial charge in [0.1, 0.15) is 6.61 Å². The Bertz CT molecular complexity index is 532. The number of carboxylic acid groups (broad SMARTS) is 1. The third-order valence-electron chi connectivity index (χ3n) is 3.81. The van der Waals surface area contributed by atoms with Crippen LogP contribution in [-0.2, 0) is 20.9 Å². The molecule has 0 aliphatic carbocycles. The SMILES string of the molecule is O=C(OCc1ccccc1)N1C[C@]2(C(=O)O)C[C@H]1CO2. The quantitative estimate of drug-likeness (QED) is 0.900. The van der Waals surface area contributed by atoms with Crippen LogP contribution in [0.3, 0.4) is 0 Å². The molecule has 3 rings (SSSR count). The first kappa shape index (κ1) is 12.9. The molecule has 2 aliphatic rings. The van der Waals surface area contributed by atoms with Crippen LogP contribution in [-0.4, -0.2) is 46.9 Å². The minimum atomic E-state index is -1.24. The molecule has 2 heterocycles.